The van der Waals surface area contributed by atoms with Crippen LogP contribution < -0.4 is 5.32 Å². The second-order valence-electron chi connectivity index (χ2n) is 7.30. The van der Waals surface area contributed by atoms with Crippen molar-refractivity contribution in [2.45, 2.75) is 44.4 Å². The number of aryl methyl sites for hydroxylation is 2. The van der Waals surface area contributed by atoms with Gasteiger partial charge in [0.05, 0.1) is 10.8 Å². The van der Waals surface area contributed by atoms with E-state index in [-0.39, 0.29) is 23.3 Å². The average Bonchev–Trinajstić information content (AvgIpc) is 2.74. The van der Waals surface area contributed by atoms with Crippen LogP contribution in [0.2, 0.25) is 5.02 Å². The molecule has 0 aromatic heterocycles. The molecule has 1 aliphatic heterocycles. The summed E-state index contributed by atoms with van der Waals surface area (Å²) in [5.74, 6) is -0.489. The van der Waals surface area contributed by atoms with Crippen molar-refractivity contribution in [2.24, 2.45) is 5.92 Å². The summed E-state index contributed by atoms with van der Waals surface area (Å²) in [6.45, 7) is 4.73. The number of carbonyl (C=O) groups is 1. The van der Waals surface area contributed by atoms with E-state index in [9.17, 15) is 13.2 Å². The summed E-state index contributed by atoms with van der Waals surface area (Å²) in [4.78, 5) is 13.2. The van der Waals surface area contributed by atoms with Crippen LogP contribution in [0.1, 0.15) is 37.8 Å². The smallest absolute Gasteiger partial charge is 0.243 e. The predicted octanol–water partition coefficient (Wildman–Crippen LogP) is 4.50. The Labute approximate surface area is 178 Å². The summed E-state index contributed by atoms with van der Waals surface area (Å²) in [6, 6.07) is 12.2. The molecular formula is C22H27ClN2O3S. The molecule has 0 unspecified atom stereocenters. The first-order chi connectivity index (χ1) is 13.9. The Bertz CT molecular complexity index is 952. The van der Waals surface area contributed by atoms with Crippen molar-refractivity contribution in [1.82, 2.24) is 4.31 Å². The molecular weight excluding hydrogens is 408 g/mol. The molecule has 2 aromatic carbocycles. The second-order valence-corrected chi connectivity index (χ2v) is 9.68. The van der Waals surface area contributed by atoms with Gasteiger partial charge in [-0.1, -0.05) is 43.6 Å². The number of halogens is 1. The third kappa shape index (κ3) is 4.82. The first-order valence-corrected chi connectivity index (χ1v) is 11.9. The monoisotopic (exact) mass is 434 g/mol. The van der Waals surface area contributed by atoms with E-state index in [1.165, 1.54) is 16.4 Å². The number of rotatable bonds is 6. The van der Waals surface area contributed by atoms with Crippen LogP contribution in [0.5, 0.6) is 0 Å². The Morgan fingerprint density at radius 1 is 1.10 bits per heavy atom. The Kier molecular flexibility index (Phi) is 6.98. The maximum Gasteiger partial charge on any atom is 0.243 e. The van der Waals surface area contributed by atoms with Gasteiger partial charge in [0.15, 0.2) is 0 Å². The number of benzene rings is 2. The van der Waals surface area contributed by atoms with E-state index in [0.29, 0.717) is 24.4 Å². The van der Waals surface area contributed by atoms with Gasteiger partial charge in [0.1, 0.15) is 0 Å². The van der Waals surface area contributed by atoms with Crippen LogP contribution in [0, 0.1) is 5.92 Å². The zero-order valence-electron chi connectivity index (χ0n) is 16.8. The van der Waals surface area contributed by atoms with Gasteiger partial charge in [0.25, 0.3) is 0 Å². The SMILES string of the molecule is CCc1cccc(CC)c1NC(=O)[C@@H]1CCCN(S(=O)(=O)c2ccc(Cl)cc2)C1. The molecule has 0 bridgehead atoms. The van der Waals surface area contributed by atoms with Gasteiger partial charge in [0.2, 0.25) is 15.9 Å². The Morgan fingerprint density at radius 3 is 2.31 bits per heavy atom. The molecule has 1 aliphatic rings. The molecule has 0 spiro atoms. The largest absolute Gasteiger partial charge is 0.325 e. The van der Waals surface area contributed by atoms with Crippen molar-refractivity contribution < 1.29 is 13.2 Å². The predicted molar refractivity (Wildman–Crippen MR) is 117 cm³/mol. The average molecular weight is 435 g/mol. The maximum atomic E-state index is 13.0. The van der Waals surface area contributed by atoms with Crippen molar-refractivity contribution in [3.63, 3.8) is 0 Å². The topological polar surface area (TPSA) is 66.5 Å². The Balaban J connectivity index is 1.77. The summed E-state index contributed by atoms with van der Waals surface area (Å²) in [5.41, 5.74) is 3.07. The van der Waals surface area contributed by atoms with E-state index >= 15 is 0 Å². The molecule has 1 atom stereocenters. The third-order valence-electron chi connectivity index (χ3n) is 5.45. The van der Waals surface area contributed by atoms with Crippen LogP contribution in [-0.4, -0.2) is 31.7 Å². The fourth-order valence-electron chi connectivity index (χ4n) is 3.76. The van der Waals surface area contributed by atoms with Crippen molar-refractivity contribution in [2.75, 3.05) is 18.4 Å². The molecule has 7 heteroatoms. The van der Waals surface area contributed by atoms with Crippen LogP contribution in [0.25, 0.3) is 0 Å². The van der Waals surface area contributed by atoms with E-state index in [0.717, 1.165) is 29.7 Å². The van der Waals surface area contributed by atoms with Crippen LogP contribution in [-0.2, 0) is 27.7 Å². The van der Waals surface area contributed by atoms with Gasteiger partial charge in [-0.05, 0) is 61.1 Å². The van der Waals surface area contributed by atoms with Gasteiger partial charge in [-0.15, -0.1) is 0 Å². The lowest BCUT2D eigenvalue weighted by atomic mass is 9.97. The molecule has 1 amide bonds. The molecule has 29 heavy (non-hydrogen) atoms. The van der Waals surface area contributed by atoms with E-state index in [1.54, 1.807) is 12.1 Å². The number of hydrogen-bond acceptors (Lipinski definition) is 3. The Morgan fingerprint density at radius 2 is 1.72 bits per heavy atom. The highest BCUT2D eigenvalue weighted by Gasteiger charge is 2.33. The molecule has 0 radical (unpaired) electrons. The molecule has 0 saturated carbocycles. The van der Waals surface area contributed by atoms with Crippen LogP contribution in [0.15, 0.2) is 47.4 Å². The van der Waals surface area contributed by atoms with Gasteiger partial charge in [0, 0.05) is 23.8 Å². The molecule has 5 nitrogen and oxygen atoms in total. The number of nitrogens with one attached hydrogen (secondary N) is 1. The number of amides is 1. The van der Waals surface area contributed by atoms with Crippen LogP contribution in [0.3, 0.4) is 0 Å². The number of para-hydroxylation sites is 1. The van der Waals surface area contributed by atoms with E-state index < -0.39 is 10.0 Å². The lowest BCUT2D eigenvalue weighted by Gasteiger charge is -2.31. The van der Waals surface area contributed by atoms with Gasteiger partial charge < -0.3 is 5.32 Å². The normalized spacial score (nSPS) is 17.8. The molecule has 1 fully saturated rings. The highest BCUT2D eigenvalue weighted by molar-refractivity contribution is 7.89. The Hall–Kier alpha value is -1.89. The molecule has 1 saturated heterocycles. The number of nitrogens with zero attached hydrogens (tertiary/aromatic N) is 1. The zero-order chi connectivity index (χ0) is 21.0. The van der Waals surface area contributed by atoms with Gasteiger partial charge in [-0.2, -0.15) is 4.31 Å². The number of hydrogen-bond donors (Lipinski definition) is 1. The minimum absolute atomic E-state index is 0.114. The van der Waals surface area contributed by atoms with Crippen LogP contribution >= 0.6 is 11.6 Å². The summed E-state index contributed by atoms with van der Waals surface area (Å²) in [5, 5.41) is 3.58. The van der Waals surface area contributed by atoms with Crippen molar-refractivity contribution in [1.29, 1.82) is 0 Å². The molecule has 1 N–H and O–H groups in total. The maximum absolute atomic E-state index is 13.0. The summed E-state index contributed by atoms with van der Waals surface area (Å²) in [7, 11) is -3.65. The standard InChI is InChI=1S/C22H27ClN2O3S/c1-3-16-7-5-8-17(4-2)21(16)24-22(26)18-9-6-14-25(15-18)29(27,28)20-12-10-19(23)11-13-20/h5,7-8,10-13,18H,3-4,6,9,14-15H2,1-2H3,(H,24,26)/t18-/m1/s1. The fraction of sp³-hybridized carbons (Fsp3) is 0.409. The molecule has 1 heterocycles. The second kappa shape index (κ2) is 9.28. The van der Waals surface area contributed by atoms with Crippen molar-refractivity contribution in [3.05, 3.63) is 58.6 Å². The highest BCUT2D eigenvalue weighted by Crippen LogP contribution is 2.28. The third-order valence-corrected chi connectivity index (χ3v) is 7.58. The lowest BCUT2D eigenvalue weighted by molar-refractivity contribution is -0.120. The number of anilines is 1. The minimum Gasteiger partial charge on any atom is -0.325 e. The van der Waals surface area contributed by atoms with Crippen molar-refractivity contribution >= 4 is 33.2 Å². The van der Waals surface area contributed by atoms with Gasteiger partial charge in [-0.25, -0.2) is 8.42 Å². The molecule has 156 valence electrons. The molecule has 2 aromatic rings. The highest BCUT2D eigenvalue weighted by atomic mass is 35.5. The minimum atomic E-state index is -3.65. The van der Waals surface area contributed by atoms with Crippen LogP contribution in [0.4, 0.5) is 5.69 Å². The number of sulfonamides is 1. The van der Waals surface area contributed by atoms with Crippen molar-refractivity contribution in [3.8, 4) is 0 Å². The van der Waals surface area contributed by atoms with E-state index in [4.69, 9.17) is 11.6 Å². The van der Waals surface area contributed by atoms with Gasteiger partial charge in [-0.3, -0.25) is 4.79 Å². The van der Waals surface area contributed by atoms with E-state index in [1.807, 2.05) is 18.2 Å². The van der Waals surface area contributed by atoms with E-state index in [2.05, 4.69) is 19.2 Å². The summed E-state index contributed by atoms with van der Waals surface area (Å²) in [6.07, 6.45) is 2.98. The first kappa shape index (κ1) is 21.8. The summed E-state index contributed by atoms with van der Waals surface area (Å²) >= 11 is 5.88. The molecule has 0 aliphatic carbocycles. The zero-order valence-corrected chi connectivity index (χ0v) is 18.4. The lowest BCUT2D eigenvalue weighted by Crippen LogP contribution is -2.43. The molecule has 3 rings (SSSR count). The van der Waals surface area contributed by atoms with Gasteiger partial charge >= 0.3 is 0 Å². The summed E-state index contributed by atoms with van der Waals surface area (Å²) < 4.78 is 27.4. The number of piperidine rings is 1. The fourth-order valence-corrected chi connectivity index (χ4v) is 5.41. The number of carbonyl (C=O) groups excluding carboxylic acids is 1. The first-order valence-electron chi connectivity index (χ1n) is 10.0. The quantitative estimate of drug-likeness (QED) is 0.727.